The molecule has 0 radical (unpaired) electrons. The second-order valence-electron chi connectivity index (χ2n) is 8.38. The van der Waals surface area contributed by atoms with Crippen LogP contribution in [0.25, 0.3) is 0 Å². The van der Waals surface area contributed by atoms with Crippen LogP contribution in [0.15, 0.2) is 58.2 Å². The van der Waals surface area contributed by atoms with Gasteiger partial charge in [0.2, 0.25) is 0 Å². The Bertz CT molecular complexity index is 790. The van der Waals surface area contributed by atoms with Gasteiger partial charge in [-0.1, -0.05) is 34.9 Å². The van der Waals surface area contributed by atoms with Crippen LogP contribution in [-0.2, 0) is 19.1 Å². The minimum atomic E-state index is -0.657. The zero-order valence-corrected chi connectivity index (χ0v) is 18.6. The Morgan fingerprint density at radius 3 is 2.50 bits per heavy atom. The van der Waals surface area contributed by atoms with Crippen molar-refractivity contribution in [2.45, 2.75) is 78.4 Å². The molecule has 5 nitrogen and oxygen atoms in total. The van der Waals surface area contributed by atoms with Crippen molar-refractivity contribution < 1.29 is 24.2 Å². The van der Waals surface area contributed by atoms with Gasteiger partial charge in [-0.25, -0.2) is 9.59 Å². The number of hydrogen-bond acceptors (Lipinski definition) is 5. The summed E-state index contributed by atoms with van der Waals surface area (Å²) in [6.45, 7) is 8.38. The zero-order chi connectivity index (χ0) is 22.1. The van der Waals surface area contributed by atoms with Crippen molar-refractivity contribution in [2.75, 3.05) is 6.61 Å². The maximum absolute atomic E-state index is 11.9. The molecule has 2 rings (SSSR count). The lowest BCUT2D eigenvalue weighted by Gasteiger charge is -2.08. The number of rotatable bonds is 10. The number of carbonyl (C=O) groups excluding carboxylic acids is 2. The van der Waals surface area contributed by atoms with E-state index in [1.807, 2.05) is 32.1 Å². The molecule has 30 heavy (non-hydrogen) atoms. The van der Waals surface area contributed by atoms with Gasteiger partial charge in [-0.2, -0.15) is 0 Å². The minimum absolute atomic E-state index is 0.114. The van der Waals surface area contributed by atoms with Gasteiger partial charge in [-0.15, -0.1) is 0 Å². The normalized spacial score (nSPS) is 22.1. The van der Waals surface area contributed by atoms with Crippen molar-refractivity contribution in [1.29, 1.82) is 0 Å². The number of aliphatic hydroxyl groups is 1. The lowest BCUT2D eigenvalue weighted by atomic mass is 10.0. The number of ether oxygens (including phenoxy) is 2. The first-order chi connectivity index (χ1) is 14.2. The van der Waals surface area contributed by atoms with E-state index in [2.05, 4.69) is 19.9 Å². The van der Waals surface area contributed by atoms with Crippen LogP contribution in [-0.4, -0.2) is 35.9 Å². The Kier molecular flexibility index (Phi) is 9.31. The topological polar surface area (TPSA) is 72.8 Å². The van der Waals surface area contributed by atoms with Gasteiger partial charge in [0.25, 0.3) is 0 Å². The van der Waals surface area contributed by atoms with E-state index in [0.29, 0.717) is 18.4 Å². The van der Waals surface area contributed by atoms with Gasteiger partial charge in [-0.3, -0.25) is 0 Å². The van der Waals surface area contributed by atoms with Crippen LogP contribution in [0.3, 0.4) is 0 Å². The molecule has 5 heteroatoms. The van der Waals surface area contributed by atoms with E-state index in [0.717, 1.165) is 36.8 Å². The molecule has 0 bridgehead atoms. The Morgan fingerprint density at radius 2 is 1.83 bits per heavy atom. The summed E-state index contributed by atoms with van der Waals surface area (Å²) in [5, 5.41) is 10.1. The van der Waals surface area contributed by atoms with E-state index in [-0.39, 0.29) is 24.6 Å². The first-order valence-electron chi connectivity index (χ1n) is 10.7. The molecule has 2 heterocycles. The largest absolute Gasteiger partial charge is 0.458 e. The fraction of sp³-hybridized carbons (Fsp3) is 0.520. The van der Waals surface area contributed by atoms with Crippen LogP contribution in [0.2, 0.25) is 0 Å². The second kappa shape index (κ2) is 11.7. The molecular weight excluding hydrogens is 380 g/mol. The molecule has 1 fully saturated rings. The van der Waals surface area contributed by atoms with Crippen LogP contribution in [0.5, 0.6) is 0 Å². The predicted octanol–water partition coefficient (Wildman–Crippen LogP) is 4.88. The molecule has 1 unspecified atom stereocenters. The first-order valence-corrected chi connectivity index (χ1v) is 10.7. The maximum Gasteiger partial charge on any atom is 0.334 e. The summed E-state index contributed by atoms with van der Waals surface area (Å²) >= 11 is 0. The Balaban J connectivity index is 1.70. The summed E-state index contributed by atoms with van der Waals surface area (Å²) in [6.07, 6.45) is 13.7. The van der Waals surface area contributed by atoms with Crippen LogP contribution in [0.4, 0.5) is 0 Å². The molecule has 1 N–H and O–H groups in total. The monoisotopic (exact) mass is 414 g/mol. The molecule has 0 saturated carbocycles. The number of esters is 2. The molecule has 0 amide bonds. The van der Waals surface area contributed by atoms with Crippen LogP contribution in [0.1, 0.15) is 66.2 Å². The van der Waals surface area contributed by atoms with Crippen LogP contribution >= 0.6 is 0 Å². The van der Waals surface area contributed by atoms with E-state index in [1.165, 1.54) is 17.2 Å². The Labute approximate surface area is 179 Å². The van der Waals surface area contributed by atoms with Crippen molar-refractivity contribution in [2.24, 2.45) is 0 Å². The van der Waals surface area contributed by atoms with E-state index >= 15 is 0 Å². The SMILES string of the molecule is CC(C)=CC1C/C(=C/CC/C(C)=C/CC/C(C)=C/C[C@@H](O)C2=CC(=O)OC2)C(=O)O1. The second-order valence-corrected chi connectivity index (χ2v) is 8.38. The standard InChI is InChI=1S/C25H34O5/c1-17(2)13-22-14-20(25(28)30-22)10-6-9-18(3)7-5-8-19(4)11-12-23(26)21-15-24(27)29-16-21/h7,10-11,13,15,22-23,26H,5-6,8-9,12,14,16H2,1-4H3/b18-7+,19-11+,20-10-/t22?,23-/m1/s1. The fourth-order valence-corrected chi connectivity index (χ4v) is 3.46. The van der Waals surface area contributed by atoms with Crippen LogP contribution < -0.4 is 0 Å². The third-order valence-electron chi connectivity index (χ3n) is 5.22. The van der Waals surface area contributed by atoms with Crippen molar-refractivity contribution in [3.63, 3.8) is 0 Å². The van der Waals surface area contributed by atoms with Crippen molar-refractivity contribution in [3.8, 4) is 0 Å². The van der Waals surface area contributed by atoms with Gasteiger partial charge >= 0.3 is 11.9 Å². The van der Waals surface area contributed by atoms with Crippen molar-refractivity contribution in [3.05, 3.63) is 58.2 Å². The smallest absolute Gasteiger partial charge is 0.334 e. The average Bonchev–Trinajstić information content (AvgIpc) is 3.25. The van der Waals surface area contributed by atoms with Crippen molar-refractivity contribution in [1.82, 2.24) is 0 Å². The highest BCUT2D eigenvalue weighted by Crippen LogP contribution is 2.23. The lowest BCUT2D eigenvalue weighted by Crippen LogP contribution is -2.10. The molecule has 2 atom stereocenters. The summed E-state index contributed by atoms with van der Waals surface area (Å²) in [5.41, 5.74) is 5.11. The number of carbonyl (C=O) groups is 2. The first kappa shape index (κ1) is 23.9. The molecule has 0 spiro atoms. The van der Waals surface area contributed by atoms with Gasteiger partial charge in [0.1, 0.15) is 12.7 Å². The summed E-state index contributed by atoms with van der Waals surface area (Å²) in [7, 11) is 0. The summed E-state index contributed by atoms with van der Waals surface area (Å²) in [6, 6.07) is 0. The number of allylic oxidation sites excluding steroid dienone is 5. The molecule has 1 saturated heterocycles. The highest BCUT2D eigenvalue weighted by Gasteiger charge is 2.26. The van der Waals surface area contributed by atoms with Gasteiger partial charge in [-0.05, 0) is 65.9 Å². The maximum atomic E-state index is 11.9. The summed E-state index contributed by atoms with van der Waals surface area (Å²) in [5.74, 6) is -0.565. The molecular formula is C25H34O5. The number of aliphatic hydroxyl groups excluding tert-OH is 1. The number of hydrogen-bond donors (Lipinski definition) is 1. The van der Waals surface area contributed by atoms with E-state index in [4.69, 9.17) is 9.47 Å². The third-order valence-corrected chi connectivity index (χ3v) is 5.22. The highest BCUT2D eigenvalue weighted by molar-refractivity contribution is 5.90. The zero-order valence-electron chi connectivity index (χ0n) is 18.6. The fourth-order valence-electron chi connectivity index (χ4n) is 3.46. The Morgan fingerprint density at radius 1 is 1.13 bits per heavy atom. The van der Waals surface area contributed by atoms with E-state index in [9.17, 15) is 14.7 Å². The van der Waals surface area contributed by atoms with Gasteiger partial charge in [0.05, 0.1) is 6.10 Å². The molecule has 2 aliphatic heterocycles. The minimum Gasteiger partial charge on any atom is -0.458 e. The van der Waals surface area contributed by atoms with E-state index in [1.54, 1.807) is 0 Å². The summed E-state index contributed by atoms with van der Waals surface area (Å²) in [4.78, 5) is 23.0. The van der Waals surface area contributed by atoms with Gasteiger partial charge in [0.15, 0.2) is 0 Å². The van der Waals surface area contributed by atoms with Crippen molar-refractivity contribution >= 4 is 11.9 Å². The molecule has 0 aromatic heterocycles. The quantitative estimate of drug-likeness (QED) is 0.313. The predicted molar refractivity (Wildman–Crippen MR) is 118 cm³/mol. The summed E-state index contributed by atoms with van der Waals surface area (Å²) < 4.78 is 10.2. The third kappa shape index (κ3) is 8.15. The van der Waals surface area contributed by atoms with Crippen LogP contribution in [0, 0.1) is 0 Å². The van der Waals surface area contributed by atoms with Gasteiger partial charge in [0, 0.05) is 23.6 Å². The van der Waals surface area contributed by atoms with Gasteiger partial charge < -0.3 is 14.6 Å². The lowest BCUT2D eigenvalue weighted by molar-refractivity contribution is -0.137. The molecule has 2 aliphatic rings. The molecule has 0 aromatic rings. The molecule has 164 valence electrons. The Hall–Kier alpha value is -2.40. The van der Waals surface area contributed by atoms with E-state index < -0.39 is 6.10 Å². The molecule has 0 aromatic carbocycles. The average molecular weight is 415 g/mol. The highest BCUT2D eigenvalue weighted by atomic mass is 16.5. The molecule has 0 aliphatic carbocycles. The number of cyclic esters (lactones) is 2.